The minimum atomic E-state index is -0.268. The van der Waals surface area contributed by atoms with E-state index in [2.05, 4.69) is 36.9 Å². The topological polar surface area (TPSA) is 29.5 Å². The van der Waals surface area contributed by atoms with E-state index in [0.717, 1.165) is 5.46 Å². The van der Waals surface area contributed by atoms with Crippen molar-refractivity contribution in [2.45, 2.75) is 38.5 Å². The zero-order chi connectivity index (χ0) is 12.4. The molecule has 0 saturated carbocycles. The quantitative estimate of drug-likeness (QED) is 0.641. The number of benzene rings is 1. The van der Waals surface area contributed by atoms with Gasteiger partial charge >= 0.3 is 7.48 Å². The van der Waals surface area contributed by atoms with E-state index in [1.54, 1.807) is 19.6 Å². The van der Waals surface area contributed by atoms with Crippen LogP contribution < -0.4 is 5.46 Å². The predicted molar refractivity (Wildman–Crippen MR) is 72.4 cm³/mol. The zero-order valence-electron chi connectivity index (χ0n) is 10.3. The molecule has 16 heavy (non-hydrogen) atoms. The maximum absolute atomic E-state index is 9.16. The van der Waals surface area contributed by atoms with Crippen LogP contribution in [0, 0.1) is 0 Å². The Kier molecular flexibility index (Phi) is 4.04. The number of aromatic hydroxyl groups is 1. The van der Waals surface area contributed by atoms with Gasteiger partial charge in [0.05, 0.1) is 5.60 Å². The van der Waals surface area contributed by atoms with Crippen molar-refractivity contribution in [2.75, 3.05) is 0 Å². The summed E-state index contributed by atoms with van der Waals surface area (Å²) in [6.07, 6.45) is 0. The lowest BCUT2D eigenvalue weighted by atomic mass is 9.84. The van der Waals surface area contributed by atoms with Crippen molar-refractivity contribution in [3.8, 4) is 5.75 Å². The van der Waals surface area contributed by atoms with E-state index in [1.807, 2.05) is 12.1 Å². The molecule has 1 radical (unpaired) electrons. The van der Waals surface area contributed by atoms with E-state index in [4.69, 9.17) is 9.76 Å². The van der Waals surface area contributed by atoms with Gasteiger partial charge in [-0.3, -0.25) is 0 Å². The van der Waals surface area contributed by atoms with Crippen molar-refractivity contribution in [1.82, 2.24) is 0 Å². The molecular weight excluding hydrogens is 218 g/mol. The highest BCUT2D eigenvalue weighted by molar-refractivity contribution is 7.19. The first-order valence-corrected chi connectivity index (χ1v) is 5.89. The Morgan fingerprint density at radius 3 is 2.06 bits per heavy atom. The fraction of sp³-hybridized carbons (Fsp3) is 0.500. The molecule has 0 fully saturated rings. The second kappa shape index (κ2) is 4.77. The first-order chi connectivity index (χ1) is 7.22. The van der Waals surface area contributed by atoms with Crippen molar-refractivity contribution in [1.29, 1.82) is 0 Å². The molecule has 0 aliphatic carbocycles. The lowest BCUT2D eigenvalue weighted by Gasteiger charge is -2.39. The van der Waals surface area contributed by atoms with Crippen LogP contribution in [0.1, 0.15) is 27.7 Å². The monoisotopic (exact) mass is 237 g/mol. The van der Waals surface area contributed by atoms with Crippen LogP contribution in [0.2, 0.25) is 0 Å². The van der Waals surface area contributed by atoms with E-state index in [9.17, 15) is 0 Å². The number of hydrogen-bond acceptors (Lipinski definition) is 2. The number of phenolic OH excluding ortho intramolecular Hbond substituents is 1. The van der Waals surface area contributed by atoms with Crippen molar-refractivity contribution in [3.63, 3.8) is 0 Å². The molecule has 2 nitrogen and oxygen atoms in total. The van der Waals surface area contributed by atoms with Crippen LogP contribution in [0.4, 0.5) is 0 Å². The average Bonchev–Trinajstić information content (AvgIpc) is 2.15. The Bertz CT molecular complexity index is 341. The smallest absolute Gasteiger partial charge is 0.330 e. The molecule has 0 amide bonds. The minimum absolute atomic E-state index is 0.0135. The molecule has 0 saturated heterocycles. The molecule has 1 aromatic carbocycles. The van der Waals surface area contributed by atoms with E-state index < -0.39 is 0 Å². The number of hydrogen-bond donors (Lipinski definition) is 1. The third-order valence-electron chi connectivity index (χ3n) is 2.93. The van der Waals surface area contributed by atoms with Gasteiger partial charge in [0.15, 0.2) is 0 Å². The van der Waals surface area contributed by atoms with Gasteiger partial charge < -0.3 is 9.76 Å². The van der Waals surface area contributed by atoms with Gasteiger partial charge in [-0.2, -0.15) is 0 Å². The number of phenols is 1. The summed E-state index contributed by atoms with van der Waals surface area (Å²) in [5, 5.41) is 9.14. The van der Waals surface area contributed by atoms with Crippen molar-refractivity contribution < 1.29 is 9.76 Å². The first-order valence-electron chi connectivity index (χ1n) is 5.31. The molecule has 87 valence electrons. The summed E-state index contributed by atoms with van der Waals surface area (Å²) in [5.74, 6) is 0.266. The largest absolute Gasteiger partial charge is 0.508 e. The third-order valence-corrected chi connectivity index (χ3v) is 3.63. The maximum atomic E-state index is 9.16. The van der Waals surface area contributed by atoms with Gasteiger partial charge in [-0.05, 0) is 26.0 Å². The predicted octanol–water partition coefficient (Wildman–Crippen LogP) is 2.09. The lowest BCUT2D eigenvalue weighted by molar-refractivity contribution is 0.0841. The molecule has 1 N–H and O–H groups in total. The summed E-state index contributed by atoms with van der Waals surface area (Å²) in [6.45, 7) is 8.33. The highest BCUT2D eigenvalue weighted by Gasteiger charge is 2.33. The van der Waals surface area contributed by atoms with Gasteiger partial charge in [0, 0.05) is 5.16 Å². The first kappa shape index (κ1) is 13.5. The van der Waals surface area contributed by atoms with Gasteiger partial charge in [-0.25, -0.2) is 0 Å². The summed E-state index contributed by atoms with van der Waals surface area (Å²) < 4.78 is 5.79. The highest BCUT2D eigenvalue weighted by Crippen LogP contribution is 2.32. The van der Waals surface area contributed by atoms with E-state index in [1.165, 1.54) is 0 Å². The van der Waals surface area contributed by atoms with E-state index in [0.29, 0.717) is 0 Å². The van der Waals surface area contributed by atoms with Crippen LogP contribution in [-0.2, 0) is 4.65 Å². The van der Waals surface area contributed by atoms with Gasteiger partial charge in [0.25, 0.3) is 0 Å². The summed E-state index contributed by atoms with van der Waals surface area (Å²) in [7, 11) is 4.52. The van der Waals surface area contributed by atoms with Crippen LogP contribution in [0.3, 0.4) is 0 Å². The molecule has 0 spiro atoms. The van der Waals surface area contributed by atoms with Crippen molar-refractivity contribution >= 4 is 22.2 Å². The normalized spacial score (nSPS) is 12.6. The molecule has 1 unspecified atom stereocenters. The third kappa shape index (κ3) is 3.50. The highest BCUT2D eigenvalue weighted by atomic mass is 31.0. The molecule has 1 aromatic rings. The lowest BCUT2D eigenvalue weighted by Crippen LogP contribution is -2.45. The summed E-state index contributed by atoms with van der Waals surface area (Å²) in [5.41, 5.74) is 0.676. The van der Waals surface area contributed by atoms with Crippen LogP contribution in [-0.4, -0.2) is 23.3 Å². The standard InChI is InChI=1S/C12H19BO2P/c1-11(2,12(3,4)16)15-13-9-5-7-10(14)8-6-9/h5-8,14H,16H2,1-4H3. The molecule has 0 aliphatic heterocycles. The van der Waals surface area contributed by atoms with Crippen LogP contribution in [0.25, 0.3) is 0 Å². The van der Waals surface area contributed by atoms with Crippen LogP contribution in [0.5, 0.6) is 5.75 Å². The fourth-order valence-electron chi connectivity index (χ4n) is 0.920. The van der Waals surface area contributed by atoms with Gasteiger partial charge in [0.1, 0.15) is 5.75 Å². The summed E-state index contributed by atoms with van der Waals surface area (Å²) in [4.78, 5) is 0. The number of rotatable bonds is 4. The van der Waals surface area contributed by atoms with Crippen molar-refractivity contribution in [2.24, 2.45) is 0 Å². The Morgan fingerprint density at radius 2 is 1.62 bits per heavy atom. The molecule has 0 aliphatic rings. The fourth-order valence-corrected chi connectivity index (χ4v) is 0.988. The van der Waals surface area contributed by atoms with Gasteiger partial charge in [0.2, 0.25) is 0 Å². The molecule has 0 aromatic heterocycles. The van der Waals surface area contributed by atoms with Crippen LogP contribution in [0.15, 0.2) is 24.3 Å². The Labute approximate surface area is 101 Å². The zero-order valence-corrected chi connectivity index (χ0v) is 11.5. The average molecular weight is 237 g/mol. The molecule has 1 rings (SSSR count). The van der Waals surface area contributed by atoms with Crippen LogP contribution >= 0.6 is 9.24 Å². The Balaban J connectivity index is 2.61. The van der Waals surface area contributed by atoms with E-state index in [-0.39, 0.29) is 16.5 Å². The van der Waals surface area contributed by atoms with Crippen molar-refractivity contribution in [3.05, 3.63) is 24.3 Å². The van der Waals surface area contributed by atoms with Gasteiger partial charge in [-0.1, -0.05) is 31.4 Å². The molecule has 4 heteroatoms. The second-order valence-electron chi connectivity index (χ2n) is 5.06. The molecular formula is C12H19BO2P. The maximum Gasteiger partial charge on any atom is 0.330 e. The molecule has 0 heterocycles. The second-order valence-corrected chi connectivity index (χ2v) is 6.50. The summed E-state index contributed by atoms with van der Waals surface area (Å²) in [6, 6.07) is 6.94. The van der Waals surface area contributed by atoms with Gasteiger partial charge in [-0.15, -0.1) is 9.24 Å². The minimum Gasteiger partial charge on any atom is -0.508 e. The molecule has 0 bridgehead atoms. The SMILES string of the molecule is CC(C)(P)C(C)(C)O[B]c1ccc(O)cc1. The van der Waals surface area contributed by atoms with E-state index >= 15 is 0 Å². The summed E-state index contributed by atoms with van der Waals surface area (Å²) >= 11 is 0. The Morgan fingerprint density at radius 1 is 1.12 bits per heavy atom. The molecule has 1 atom stereocenters. The Hall–Kier alpha value is -0.525.